The summed E-state index contributed by atoms with van der Waals surface area (Å²) < 4.78 is 0.587. The highest BCUT2D eigenvalue weighted by molar-refractivity contribution is 6.53. The SMILES string of the molecule is O=C1C(c2ccc(Cl)cc2)=[N+]([O-])c2c(Cl)cccc21. The number of hydrogen-bond acceptors (Lipinski definition) is 2. The zero-order valence-corrected chi connectivity index (χ0v) is 11.1. The number of benzene rings is 2. The van der Waals surface area contributed by atoms with Crippen molar-refractivity contribution in [3.8, 4) is 0 Å². The summed E-state index contributed by atoms with van der Waals surface area (Å²) in [7, 11) is 0. The van der Waals surface area contributed by atoms with Crippen molar-refractivity contribution in [2.24, 2.45) is 0 Å². The standard InChI is InChI=1S/C14H7Cl2NO2/c15-9-6-4-8(5-7-9)12-14(18)10-2-1-3-11(16)13(10)17(12)19/h1-7H. The quantitative estimate of drug-likeness (QED) is 0.592. The molecule has 0 spiro atoms. The van der Waals surface area contributed by atoms with E-state index in [2.05, 4.69) is 0 Å². The summed E-state index contributed by atoms with van der Waals surface area (Å²) in [5.41, 5.74) is 1.13. The lowest BCUT2D eigenvalue weighted by atomic mass is 10.0. The molecule has 3 nitrogen and oxygen atoms in total. The van der Waals surface area contributed by atoms with E-state index in [1.807, 2.05) is 0 Å². The number of carbonyl (C=O) groups is 1. The van der Waals surface area contributed by atoms with Gasteiger partial charge in [-0.25, -0.2) is 0 Å². The van der Waals surface area contributed by atoms with Gasteiger partial charge in [-0.3, -0.25) is 4.79 Å². The van der Waals surface area contributed by atoms with Gasteiger partial charge in [-0.15, -0.1) is 0 Å². The van der Waals surface area contributed by atoms with Gasteiger partial charge in [-0.05, 0) is 36.4 Å². The summed E-state index contributed by atoms with van der Waals surface area (Å²) in [5.74, 6) is -0.324. The third-order valence-electron chi connectivity index (χ3n) is 2.97. The lowest BCUT2D eigenvalue weighted by Gasteiger charge is -2.03. The lowest BCUT2D eigenvalue weighted by molar-refractivity contribution is -0.355. The normalized spacial score (nSPS) is 13.9. The van der Waals surface area contributed by atoms with Gasteiger partial charge in [0.15, 0.2) is 0 Å². The summed E-state index contributed by atoms with van der Waals surface area (Å²) in [4.78, 5) is 12.3. The number of para-hydroxylation sites is 1. The van der Waals surface area contributed by atoms with Crippen LogP contribution in [0, 0.1) is 5.21 Å². The number of ketones is 1. The van der Waals surface area contributed by atoms with Crippen LogP contribution >= 0.6 is 23.2 Å². The summed E-state index contributed by atoms with van der Waals surface area (Å²) in [6.07, 6.45) is 0. The van der Waals surface area contributed by atoms with Crippen molar-refractivity contribution < 1.29 is 9.53 Å². The number of halogens is 2. The minimum absolute atomic E-state index is 0.0692. The molecule has 0 bridgehead atoms. The van der Waals surface area contributed by atoms with Gasteiger partial charge in [-0.1, -0.05) is 29.3 Å². The smallest absolute Gasteiger partial charge is 0.272 e. The zero-order valence-electron chi connectivity index (χ0n) is 9.56. The Labute approximate surface area is 119 Å². The highest BCUT2D eigenvalue weighted by atomic mass is 35.5. The molecule has 0 saturated carbocycles. The van der Waals surface area contributed by atoms with E-state index < -0.39 is 0 Å². The predicted octanol–water partition coefficient (Wildman–Crippen LogP) is 3.82. The first-order valence-corrected chi connectivity index (χ1v) is 6.28. The van der Waals surface area contributed by atoms with Gasteiger partial charge in [0.25, 0.3) is 11.5 Å². The number of hydrogen-bond donors (Lipinski definition) is 0. The molecule has 0 N–H and O–H groups in total. The van der Waals surface area contributed by atoms with E-state index in [0.29, 0.717) is 20.9 Å². The van der Waals surface area contributed by atoms with Crippen molar-refractivity contribution in [2.45, 2.75) is 0 Å². The van der Waals surface area contributed by atoms with Gasteiger partial charge in [-0.2, -0.15) is 4.74 Å². The van der Waals surface area contributed by atoms with Crippen molar-refractivity contribution in [1.29, 1.82) is 0 Å². The van der Waals surface area contributed by atoms with Gasteiger partial charge in [0.2, 0.25) is 5.69 Å². The third-order valence-corrected chi connectivity index (χ3v) is 3.53. The average molecular weight is 292 g/mol. The van der Waals surface area contributed by atoms with E-state index in [1.54, 1.807) is 42.5 Å². The minimum atomic E-state index is -0.324. The zero-order chi connectivity index (χ0) is 13.6. The molecule has 3 rings (SSSR count). The van der Waals surface area contributed by atoms with Gasteiger partial charge in [0.05, 0.1) is 5.56 Å². The summed E-state index contributed by atoms with van der Waals surface area (Å²) in [6.45, 7) is 0. The van der Waals surface area contributed by atoms with Crippen molar-refractivity contribution >= 4 is 40.4 Å². The van der Waals surface area contributed by atoms with Crippen LogP contribution in [0.1, 0.15) is 15.9 Å². The third kappa shape index (κ3) is 1.82. The number of fused-ring (bicyclic) bond motifs is 1. The van der Waals surface area contributed by atoms with Crippen molar-refractivity contribution in [2.75, 3.05) is 0 Å². The van der Waals surface area contributed by atoms with Gasteiger partial charge >= 0.3 is 0 Å². The van der Waals surface area contributed by atoms with Crippen LogP contribution < -0.4 is 0 Å². The average Bonchev–Trinajstić information content (AvgIpc) is 2.65. The summed E-state index contributed by atoms with van der Waals surface area (Å²) >= 11 is 11.8. The minimum Gasteiger partial charge on any atom is -0.618 e. The molecule has 1 aliphatic heterocycles. The molecule has 0 saturated heterocycles. The van der Waals surface area contributed by atoms with E-state index in [0.717, 1.165) is 0 Å². The molecule has 2 aromatic rings. The predicted molar refractivity (Wildman–Crippen MR) is 74.6 cm³/mol. The topological polar surface area (TPSA) is 43.1 Å². The second-order valence-corrected chi connectivity index (χ2v) is 4.96. The van der Waals surface area contributed by atoms with Gasteiger partial charge in [0, 0.05) is 5.02 Å². The fourth-order valence-electron chi connectivity index (χ4n) is 2.09. The molecule has 19 heavy (non-hydrogen) atoms. The fourth-order valence-corrected chi connectivity index (χ4v) is 2.47. The number of rotatable bonds is 1. The summed E-state index contributed by atoms with van der Waals surface area (Å²) in [5, 5.41) is 13.1. The molecule has 0 radical (unpaired) electrons. The van der Waals surface area contributed by atoms with Crippen molar-refractivity contribution in [3.63, 3.8) is 0 Å². The Bertz CT molecular complexity index is 721. The first kappa shape index (κ1) is 12.2. The Hall–Kier alpha value is -1.84. The maximum atomic E-state index is 12.3. The Balaban J connectivity index is 2.22. The maximum Gasteiger partial charge on any atom is 0.272 e. The molecule has 94 valence electrons. The van der Waals surface area contributed by atoms with Crippen LogP contribution in [0.4, 0.5) is 5.69 Å². The first-order chi connectivity index (χ1) is 9.09. The van der Waals surface area contributed by atoms with Crippen LogP contribution in [0.25, 0.3) is 0 Å². The number of nitrogens with zero attached hydrogens (tertiary/aromatic N) is 1. The Morgan fingerprint density at radius 1 is 1.00 bits per heavy atom. The highest BCUT2D eigenvalue weighted by Crippen LogP contribution is 2.34. The van der Waals surface area contributed by atoms with Gasteiger partial charge < -0.3 is 5.21 Å². The van der Waals surface area contributed by atoms with Crippen LogP contribution in [0.15, 0.2) is 42.5 Å². The van der Waals surface area contributed by atoms with Crippen molar-refractivity contribution in [3.05, 3.63) is 68.8 Å². The lowest BCUT2D eigenvalue weighted by Crippen LogP contribution is -2.16. The Kier molecular flexibility index (Phi) is 2.81. The van der Waals surface area contributed by atoms with Crippen LogP contribution in [0.2, 0.25) is 10.0 Å². The molecule has 0 atom stereocenters. The molecular formula is C14H7Cl2NO2. The summed E-state index contributed by atoms with van der Waals surface area (Å²) in [6, 6.07) is 11.4. The molecule has 1 heterocycles. The first-order valence-electron chi connectivity index (χ1n) is 5.53. The Morgan fingerprint density at radius 3 is 2.32 bits per heavy atom. The second kappa shape index (κ2) is 4.37. The molecule has 0 aromatic heterocycles. The fraction of sp³-hybridized carbons (Fsp3) is 0. The highest BCUT2D eigenvalue weighted by Gasteiger charge is 2.37. The van der Waals surface area contributed by atoms with E-state index in [9.17, 15) is 10.0 Å². The Morgan fingerprint density at radius 2 is 1.68 bits per heavy atom. The van der Waals surface area contributed by atoms with Crippen LogP contribution in [-0.2, 0) is 0 Å². The van der Waals surface area contributed by atoms with E-state index >= 15 is 0 Å². The largest absolute Gasteiger partial charge is 0.618 e. The van der Waals surface area contributed by atoms with E-state index in [-0.39, 0.29) is 22.2 Å². The molecule has 5 heteroatoms. The maximum absolute atomic E-state index is 12.3. The molecular weight excluding hydrogens is 285 g/mol. The molecule has 0 unspecified atom stereocenters. The molecule has 0 aliphatic carbocycles. The van der Waals surface area contributed by atoms with E-state index in [4.69, 9.17) is 23.2 Å². The number of Topliss-reactive ketones (excluding diaryl/α,β-unsaturated/α-hetero) is 1. The van der Waals surface area contributed by atoms with Crippen LogP contribution in [0.3, 0.4) is 0 Å². The van der Waals surface area contributed by atoms with Crippen molar-refractivity contribution in [1.82, 2.24) is 0 Å². The van der Waals surface area contributed by atoms with Crippen LogP contribution in [0.5, 0.6) is 0 Å². The molecule has 0 fully saturated rings. The molecule has 0 amide bonds. The van der Waals surface area contributed by atoms with Gasteiger partial charge in [0.1, 0.15) is 10.6 Å². The van der Waals surface area contributed by atoms with Crippen LogP contribution in [-0.4, -0.2) is 16.2 Å². The number of carbonyl (C=O) groups excluding carboxylic acids is 1. The van der Waals surface area contributed by atoms with E-state index in [1.165, 1.54) is 0 Å². The molecule has 1 aliphatic rings. The second-order valence-electron chi connectivity index (χ2n) is 4.12. The monoisotopic (exact) mass is 291 g/mol. The molecule has 2 aromatic carbocycles.